The van der Waals surface area contributed by atoms with Crippen molar-refractivity contribution < 1.29 is 23.9 Å². The molecule has 2 heterocycles. The summed E-state index contributed by atoms with van der Waals surface area (Å²) in [6, 6.07) is 5.29. The summed E-state index contributed by atoms with van der Waals surface area (Å²) < 4.78 is 16.0. The van der Waals surface area contributed by atoms with Gasteiger partial charge in [-0.25, -0.2) is 0 Å². The van der Waals surface area contributed by atoms with E-state index in [-0.39, 0.29) is 11.7 Å². The first-order valence-electron chi connectivity index (χ1n) is 9.15. The molecule has 2 aromatic rings. The van der Waals surface area contributed by atoms with Crippen LogP contribution in [0, 0.1) is 5.92 Å². The van der Waals surface area contributed by atoms with Crippen LogP contribution in [-0.4, -0.2) is 48.4 Å². The lowest BCUT2D eigenvalue weighted by atomic mass is 9.97. The SMILES string of the molecule is COc1ccc(-c2noc(C(C)O)c2C(=O)N2CCC(C)CC2)cc1OC. The molecule has 1 unspecified atom stereocenters. The van der Waals surface area contributed by atoms with Gasteiger partial charge < -0.3 is 24.0 Å². The number of methoxy groups -OCH3 is 2. The van der Waals surface area contributed by atoms with Crippen LogP contribution in [0.1, 0.15) is 48.9 Å². The molecule has 146 valence electrons. The average Bonchev–Trinajstić information content (AvgIpc) is 3.12. The molecule has 1 N–H and O–H groups in total. The largest absolute Gasteiger partial charge is 0.493 e. The van der Waals surface area contributed by atoms with Crippen LogP contribution < -0.4 is 9.47 Å². The lowest BCUT2D eigenvalue weighted by Gasteiger charge is -2.30. The van der Waals surface area contributed by atoms with Gasteiger partial charge in [-0.15, -0.1) is 0 Å². The fourth-order valence-electron chi connectivity index (χ4n) is 3.34. The lowest BCUT2D eigenvalue weighted by Crippen LogP contribution is -2.38. The number of benzene rings is 1. The van der Waals surface area contributed by atoms with Gasteiger partial charge in [0.2, 0.25) is 0 Å². The van der Waals surface area contributed by atoms with E-state index in [0.717, 1.165) is 12.8 Å². The van der Waals surface area contributed by atoms with E-state index >= 15 is 0 Å². The maximum absolute atomic E-state index is 13.2. The van der Waals surface area contributed by atoms with Crippen molar-refractivity contribution in [1.29, 1.82) is 0 Å². The fourth-order valence-corrected chi connectivity index (χ4v) is 3.34. The topological polar surface area (TPSA) is 85.0 Å². The molecule has 0 saturated carbocycles. The summed E-state index contributed by atoms with van der Waals surface area (Å²) in [5.74, 6) is 1.74. The molecule has 7 nitrogen and oxygen atoms in total. The average molecular weight is 374 g/mol. The smallest absolute Gasteiger partial charge is 0.259 e. The van der Waals surface area contributed by atoms with Gasteiger partial charge in [-0.05, 0) is 43.9 Å². The molecule has 1 fully saturated rings. The Morgan fingerprint density at radius 2 is 1.93 bits per heavy atom. The zero-order valence-corrected chi connectivity index (χ0v) is 16.2. The first-order valence-corrected chi connectivity index (χ1v) is 9.15. The van der Waals surface area contributed by atoms with Crippen LogP contribution in [0.4, 0.5) is 0 Å². The van der Waals surface area contributed by atoms with Crippen LogP contribution in [0.3, 0.4) is 0 Å². The molecule has 1 saturated heterocycles. The van der Waals surface area contributed by atoms with Gasteiger partial charge in [0.25, 0.3) is 5.91 Å². The van der Waals surface area contributed by atoms with Crippen molar-refractivity contribution in [3.05, 3.63) is 29.5 Å². The fraction of sp³-hybridized carbons (Fsp3) is 0.500. The van der Waals surface area contributed by atoms with Gasteiger partial charge in [0.05, 0.1) is 14.2 Å². The van der Waals surface area contributed by atoms with E-state index in [1.54, 1.807) is 39.3 Å². The minimum atomic E-state index is -0.936. The Balaban J connectivity index is 2.03. The number of aliphatic hydroxyl groups is 1. The molecular formula is C20H26N2O5. The molecular weight excluding hydrogens is 348 g/mol. The van der Waals surface area contributed by atoms with Crippen molar-refractivity contribution >= 4 is 5.91 Å². The van der Waals surface area contributed by atoms with Crippen LogP contribution in [0.25, 0.3) is 11.3 Å². The number of carbonyl (C=O) groups excluding carboxylic acids is 1. The number of ether oxygens (including phenoxy) is 2. The van der Waals surface area contributed by atoms with Gasteiger partial charge in [-0.1, -0.05) is 12.1 Å². The van der Waals surface area contributed by atoms with Crippen LogP contribution in [0.15, 0.2) is 22.7 Å². The van der Waals surface area contributed by atoms with Crippen molar-refractivity contribution in [2.75, 3.05) is 27.3 Å². The number of hydrogen-bond donors (Lipinski definition) is 1. The number of piperidine rings is 1. The lowest BCUT2D eigenvalue weighted by molar-refractivity contribution is 0.0686. The molecule has 1 aromatic heterocycles. The highest BCUT2D eigenvalue weighted by Crippen LogP contribution is 2.36. The van der Waals surface area contributed by atoms with Gasteiger partial charge in [-0.3, -0.25) is 4.79 Å². The predicted molar refractivity (Wildman–Crippen MR) is 100.0 cm³/mol. The third-order valence-corrected chi connectivity index (χ3v) is 5.04. The maximum atomic E-state index is 13.2. The van der Waals surface area contributed by atoms with Crippen molar-refractivity contribution in [3.8, 4) is 22.8 Å². The number of aliphatic hydroxyl groups excluding tert-OH is 1. The Labute approximate surface area is 158 Å². The van der Waals surface area contributed by atoms with E-state index in [4.69, 9.17) is 14.0 Å². The Hall–Kier alpha value is -2.54. The highest BCUT2D eigenvalue weighted by molar-refractivity contribution is 6.01. The Morgan fingerprint density at radius 1 is 1.26 bits per heavy atom. The van der Waals surface area contributed by atoms with Crippen LogP contribution >= 0.6 is 0 Å². The summed E-state index contributed by atoms with van der Waals surface area (Å²) in [4.78, 5) is 15.0. The van der Waals surface area contributed by atoms with Gasteiger partial charge >= 0.3 is 0 Å². The number of amides is 1. The first kappa shape index (κ1) is 19.2. The molecule has 3 rings (SSSR count). The molecule has 1 aliphatic heterocycles. The Kier molecular flexibility index (Phi) is 5.70. The number of likely N-dealkylation sites (tertiary alicyclic amines) is 1. The van der Waals surface area contributed by atoms with E-state index < -0.39 is 6.10 Å². The summed E-state index contributed by atoms with van der Waals surface area (Å²) in [5.41, 5.74) is 1.37. The Bertz CT molecular complexity index is 807. The summed E-state index contributed by atoms with van der Waals surface area (Å²) in [7, 11) is 3.11. The molecule has 1 atom stereocenters. The van der Waals surface area contributed by atoms with Crippen LogP contribution in [0.2, 0.25) is 0 Å². The zero-order valence-electron chi connectivity index (χ0n) is 16.2. The molecule has 1 aliphatic rings. The van der Waals surface area contributed by atoms with E-state index in [0.29, 0.717) is 47.3 Å². The molecule has 1 aromatic carbocycles. The summed E-state index contributed by atoms with van der Waals surface area (Å²) in [6.07, 6.45) is 0.994. The highest BCUT2D eigenvalue weighted by atomic mass is 16.5. The number of rotatable bonds is 5. The second-order valence-corrected chi connectivity index (χ2v) is 6.99. The first-order chi connectivity index (χ1) is 13.0. The van der Waals surface area contributed by atoms with E-state index in [2.05, 4.69) is 12.1 Å². The maximum Gasteiger partial charge on any atom is 0.259 e. The molecule has 0 aliphatic carbocycles. The van der Waals surface area contributed by atoms with Gasteiger partial charge in [0.15, 0.2) is 17.3 Å². The minimum absolute atomic E-state index is 0.163. The summed E-state index contributed by atoms with van der Waals surface area (Å²) in [5, 5.41) is 14.2. The van der Waals surface area contributed by atoms with Crippen molar-refractivity contribution in [2.45, 2.75) is 32.8 Å². The molecule has 0 bridgehead atoms. The predicted octanol–water partition coefficient (Wildman–Crippen LogP) is 3.28. The quantitative estimate of drug-likeness (QED) is 0.864. The van der Waals surface area contributed by atoms with Crippen LogP contribution in [0.5, 0.6) is 11.5 Å². The third-order valence-electron chi connectivity index (χ3n) is 5.04. The molecule has 0 radical (unpaired) electrons. The monoisotopic (exact) mass is 374 g/mol. The van der Waals surface area contributed by atoms with Gasteiger partial charge in [-0.2, -0.15) is 0 Å². The highest BCUT2D eigenvalue weighted by Gasteiger charge is 2.31. The standard InChI is InChI=1S/C20H26N2O5/c1-12-7-9-22(10-8-12)20(24)17-18(21-27-19(17)13(2)23)14-5-6-15(25-3)16(11-14)26-4/h5-6,11-13,23H,7-10H2,1-4H3. The third kappa shape index (κ3) is 3.78. The number of aromatic nitrogens is 1. The van der Waals surface area contributed by atoms with E-state index in [1.807, 2.05) is 4.90 Å². The zero-order chi connectivity index (χ0) is 19.6. The normalized spacial score (nSPS) is 16.3. The van der Waals surface area contributed by atoms with Crippen molar-refractivity contribution in [1.82, 2.24) is 10.1 Å². The Morgan fingerprint density at radius 3 is 2.52 bits per heavy atom. The van der Waals surface area contributed by atoms with Gasteiger partial charge in [0.1, 0.15) is 17.4 Å². The summed E-state index contributed by atoms with van der Waals surface area (Å²) in [6.45, 7) is 5.14. The second kappa shape index (κ2) is 8.00. The number of nitrogens with zero attached hydrogens (tertiary/aromatic N) is 2. The van der Waals surface area contributed by atoms with E-state index in [1.165, 1.54) is 0 Å². The molecule has 27 heavy (non-hydrogen) atoms. The van der Waals surface area contributed by atoms with Gasteiger partial charge in [0, 0.05) is 18.7 Å². The molecule has 0 spiro atoms. The van der Waals surface area contributed by atoms with Crippen molar-refractivity contribution in [3.63, 3.8) is 0 Å². The van der Waals surface area contributed by atoms with Crippen LogP contribution in [-0.2, 0) is 0 Å². The van der Waals surface area contributed by atoms with E-state index in [9.17, 15) is 9.90 Å². The number of hydrogen-bond acceptors (Lipinski definition) is 6. The summed E-state index contributed by atoms with van der Waals surface area (Å²) >= 11 is 0. The second-order valence-electron chi connectivity index (χ2n) is 6.99. The number of carbonyl (C=O) groups is 1. The van der Waals surface area contributed by atoms with Crippen molar-refractivity contribution in [2.24, 2.45) is 5.92 Å². The molecule has 1 amide bonds. The molecule has 7 heteroatoms. The minimum Gasteiger partial charge on any atom is -0.493 e.